The fourth-order valence-electron chi connectivity index (χ4n) is 11.1. The summed E-state index contributed by atoms with van der Waals surface area (Å²) in [6.45, 7) is 0. The summed E-state index contributed by atoms with van der Waals surface area (Å²) in [7, 11) is 0. The molecule has 77 heavy (non-hydrogen) atoms. The lowest BCUT2D eigenvalue weighted by atomic mass is 9.97. The molecule has 0 atom stereocenters. The van der Waals surface area contributed by atoms with E-state index in [4.69, 9.17) is 15.0 Å². The van der Waals surface area contributed by atoms with E-state index < -0.39 is 23.5 Å². The van der Waals surface area contributed by atoms with Gasteiger partial charge in [-0.2, -0.15) is 26.3 Å². The Morgan fingerprint density at radius 1 is 0.273 bits per heavy atom. The van der Waals surface area contributed by atoms with Crippen molar-refractivity contribution < 1.29 is 26.3 Å². The van der Waals surface area contributed by atoms with Crippen LogP contribution in [-0.4, -0.2) is 28.7 Å². The van der Waals surface area contributed by atoms with Gasteiger partial charge in [-0.05, 0) is 90.0 Å². The average Bonchev–Trinajstić information content (AvgIpc) is 4.29. The molecule has 6 nitrogen and oxygen atoms in total. The number of nitrogens with zero attached hydrogens (tertiary/aromatic N) is 6. The van der Waals surface area contributed by atoms with Crippen molar-refractivity contribution in [3.63, 3.8) is 0 Å². The van der Waals surface area contributed by atoms with Crippen molar-refractivity contribution in [3.8, 4) is 62.4 Å². The number of hydrogen-bond donors (Lipinski definition) is 0. The van der Waals surface area contributed by atoms with Crippen LogP contribution < -0.4 is 0 Å². The van der Waals surface area contributed by atoms with Crippen molar-refractivity contribution in [1.29, 1.82) is 0 Å². The van der Waals surface area contributed by atoms with Crippen LogP contribution in [0.15, 0.2) is 231 Å². The van der Waals surface area contributed by atoms with Crippen molar-refractivity contribution in [2.24, 2.45) is 0 Å². The van der Waals surface area contributed by atoms with Crippen molar-refractivity contribution in [2.45, 2.75) is 12.4 Å². The molecule has 0 saturated heterocycles. The van der Waals surface area contributed by atoms with Gasteiger partial charge in [-0.15, -0.1) is 0 Å². The summed E-state index contributed by atoms with van der Waals surface area (Å²) in [4.78, 5) is 15.2. The van der Waals surface area contributed by atoms with Crippen LogP contribution in [0.25, 0.3) is 128 Å². The van der Waals surface area contributed by atoms with Crippen LogP contribution in [0.5, 0.6) is 0 Å². The molecule has 0 radical (unpaired) electrons. The second-order valence-corrected chi connectivity index (χ2v) is 19.0. The molecule has 0 N–H and O–H groups in total. The summed E-state index contributed by atoms with van der Waals surface area (Å²) in [6, 6.07) is 70.7. The molecule has 0 aliphatic carbocycles. The van der Waals surface area contributed by atoms with E-state index in [1.54, 1.807) is 12.1 Å². The smallest absolute Gasteiger partial charge is 0.309 e. The maximum absolute atomic E-state index is 14.6. The molecule has 0 aliphatic heterocycles. The zero-order valence-corrected chi connectivity index (χ0v) is 40.4. The molecule has 0 fully saturated rings. The SMILES string of the molecule is FC(F)(F)c1cc(-c2ccc(-c3nc(-c4ccccc4)nc(-c4ccccc4)n3)c(-n3c4cc(-n5c6ccccc6c6ccccc65)ccc4c4ccc(-n5c6ccccc6c6ccccc65)cc43)c2)cc(C(F)(F)F)c1. The van der Waals surface area contributed by atoms with Crippen molar-refractivity contribution in [1.82, 2.24) is 28.7 Å². The first kappa shape index (κ1) is 45.8. The lowest BCUT2D eigenvalue weighted by Crippen LogP contribution is -2.11. The summed E-state index contributed by atoms with van der Waals surface area (Å²) in [6.07, 6.45) is -10.2. The molecule has 12 heteroatoms. The average molecular weight is 1020 g/mol. The van der Waals surface area contributed by atoms with E-state index in [1.807, 2.05) is 114 Å². The number of alkyl halides is 6. The maximum atomic E-state index is 14.6. The van der Waals surface area contributed by atoms with Gasteiger partial charge in [0.1, 0.15) is 0 Å². The first-order valence-corrected chi connectivity index (χ1v) is 24.8. The number of halogens is 6. The molecule has 0 unspecified atom stereocenters. The first-order valence-electron chi connectivity index (χ1n) is 24.8. The number of fused-ring (bicyclic) bond motifs is 9. The van der Waals surface area contributed by atoms with Gasteiger partial charge in [-0.1, -0.05) is 152 Å². The van der Waals surface area contributed by atoms with Gasteiger partial charge in [0, 0.05) is 60.4 Å². The summed E-state index contributed by atoms with van der Waals surface area (Å²) in [5.41, 5.74) is 6.21. The number of benzene rings is 10. The third-order valence-corrected chi connectivity index (χ3v) is 14.5. The van der Waals surface area contributed by atoms with E-state index >= 15 is 0 Å². The third kappa shape index (κ3) is 7.62. The van der Waals surface area contributed by atoms with Crippen molar-refractivity contribution >= 4 is 65.4 Å². The lowest BCUT2D eigenvalue weighted by Gasteiger charge is -2.18. The van der Waals surface area contributed by atoms with Gasteiger partial charge in [0.25, 0.3) is 0 Å². The maximum Gasteiger partial charge on any atom is 0.416 e. The van der Waals surface area contributed by atoms with Crippen LogP contribution in [0.3, 0.4) is 0 Å². The molecule has 4 heterocycles. The molecule has 4 aromatic heterocycles. The minimum atomic E-state index is -5.08. The van der Waals surface area contributed by atoms with E-state index in [1.165, 1.54) is 6.07 Å². The molecular weight excluding hydrogens is 979 g/mol. The highest BCUT2D eigenvalue weighted by molar-refractivity contribution is 6.14. The largest absolute Gasteiger partial charge is 0.416 e. The van der Waals surface area contributed by atoms with Crippen LogP contribution in [0.2, 0.25) is 0 Å². The zero-order chi connectivity index (χ0) is 52.2. The van der Waals surface area contributed by atoms with Crippen molar-refractivity contribution in [3.05, 3.63) is 242 Å². The van der Waals surface area contributed by atoms with Gasteiger partial charge >= 0.3 is 12.4 Å². The van der Waals surface area contributed by atoms with Crippen LogP contribution in [0.4, 0.5) is 26.3 Å². The highest BCUT2D eigenvalue weighted by Crippen LogP contribution is 2.44. The van der Waals surface area contributed by atoms with Gasteiger partial charge in [-0.3, -0.25) is 0 Å². The van der Waals surface area contributed by atoms with Crippen LogP contribution >= 0.6 is 0 Å². The first-order chi connectivity index (χ1) is 37.4. The van der Waals surface area contributed by atoms with E-state index in [0.29, 0.717) is 45.1 Å². The second kappa shape index (κ2) is 17.4. The Balaban J connectivity index is 1.13. The van der Waals surface area contributed by atoms with E-state index in [-0.39, 0.29) is 23.0 Å². The normalized spacial score (nSPS) is 12.3. The summed E-state index contributed by atoms with van der Waals surface area (Å²) < 4.78 is 94.3. The molecule has 370 valence electrons. The Hall–Kier alpha value is -9.81. The Kier molecular flexibility index (Phi) is 10.3. The van der Waals surface area contributed by atoms with Gasteiger partial charge in [0.05, 0.1) is 49.9 Å². The number of aromatic nitrogens is 6. The second-order valence-electron chi connectivity index (χ2n) is 19.0. The third-order valence-electron chi connectivity index (χ3n) is 14.5. The minimum absolute atomic E-state index is 0.105. The highest BCUT2D eigenvalue weighted by Gasteiger charge is 2.37. The molecule has 0 saturated carbocycles. The highest BCUT2D eigenvalue weighted by atomic mass is 19.4. The molecule has 14 aromatic rings. The van der Waals surface area contributed by atoms with Gasteiger partial charge in [0.15, 0.2) is 17.5 Å². The minimum Gasteiger partial charge on any atom is -0.309 e. The fourth-order valence-corrected chi connectivity index (χ4v) is 11.1. The van der Waals surface area contributed by atoms with E-state index in [2.05, 4.69) is 94.1 Å². The summed E-state index contributed by atoms with van der Waals surface area (Å²) in [5.74, 6) is 0.954. The van der Waals surface area contributed by atoms with Gasteiger partial charge in [-0.25, -0.2) is 15.0 Å². The Morgan fingerprint density at radius 2 is 0.649 bits per heavy atom. The number of hydrogen-bond acceptors (Lipinski definition) is 3. The Morgan fingerprint density at radius 3 is 1.06 bits per heavy atom. The lowest BCUT2D eigenvalue weighted by molar-refractivity contribution is -0.143. The van der Waals surface area contributed by atoms with E-state index in [9.17, 15) is 26.3 Å². The number of rotatable bonds is 7. The Bertz CT molecular complexity index is 4300. The Labute approximate surface area is 435 Å². The standard InChI is InChI=1S/C65H38F6N6/c66-64(67,68)43-33-42(34-44(36-43)65(69,70)71)41-27-30-53(63-73-61(39-15-3-1-4-16-39)72-62(74-63)40-17-5-2-6-18-40)58(35-41)77-59-37-45(75-54-23-11-7-19-47(54)48-20-8-12-24-55(48)75)28-31-51(59)52-32-29-46(38-60(52)77)76-56-25-13-9-21-49(56)50-22-10-14-26-57(50)76/h1-38H. The quantitative estimate of drug-likeness (QED) is 0.150. The number of para-hydroxylation sites is 4. The van der Waals surface area contributed by atoms with Crippen LogP contribution in [0.1, 0.15) is 11.1 Å². The van der Waals surface area contributed by atoms with Gasteiger partial charge in [0.2, 0.25) is 0 Å². The van der Waals surface area contributed by atoms with E-state index in [0.717, 1.165) is 77.9 Å². The monoisotopic (exact) mass is 1020 g/mol. The van der Waals surface area contributed by atoms with Crippen molar-refractivity contribution in [2.75, 3.05) is 0 Å². The molecular formula is C65H38F6N6. The summed E-state index contributed by atoms with van der Waals surface area (Å²) >= 11 is 0. The van der Waals surface area contributed by atoms with Crippen LogP contribution in [0, 0.1) is 0 Å². The molecule has 0 spiro atoms. The topological polar surface area (TPSA) is 53.5 Å². The molecule has 0 aliphatic rings. The fraction of sp³-hybridized carbons (Fsp3) is 0.0308. The molecule has 10 aromatic carbocycles. The van der Waals surface area contributed by atoms with Gasteiger partial charge < -0.3 is 13.7 Å². The molecule has 0 bridgehead atoms. The predicted octanol–water partition coefficient (Wildman–Crippen LogP) is 17.9. The zero-order valence-electron chi connectivity index (χ0n) is 40.4. The van der Waals surface area contributed by atoms with Crippen LogP contribution in [-0.2, 0) is 12.4 Å². The summed E-state index contributed by atoms with van der Waals surface area (Å²) in [5, 5.41) is 5.94. The predicted molar refractivity (Wildman–Crippen MR) is 295 cm³/mol. The molecule has 0 amide bonds. The molecule has 14 rings (SSSR count).